The van der Waals surface area contributed by atoms with Gasteiger partial charge in [-0.3, -0.25) is 0 Å². The van der Waals surface area contributed by atoms with Gasteiger partial charge >= 0.3 is 18.3 Å². The SMILES string of the molecule is FC(F)C(F)(F)C(F)(F)C#CCl. The van der Waals surface area contributed by atoms with E-state index in [4.69, 9.17) is 0 Å². The number of rotatable bonds is 2. The van der Waals surface area contributed by atoms with E-state index in [0.29, 0.717) is 5.92 Å². The summed E-state index contributed by atoms with van der Waals surface area (Å²) in [6.45, 7) is 0. The highest BCUT2D eigenvalue weighted by Gasteiger charge is 2.62. The predicted molar refractivity (Wildman–Crippen MR) is 29.5 cm³/mol. The summed E-state index contributed by atoms with van der Waals surface area (Å²) in [5.74, 6) is -10.1. The van der Waals surface area contributed by atoms with Crippen molar-refractivity contribution in [1.82, 2.24) is 0 Å². The van der Waals surface area contributed by atoms with E-state index in [-0.39, 0.29) is 0 Å². The van der Waals surface area contributed by atoms with Crippen molar-refractivity contribution >= 4 is 11.6 Å². The van der Waals surface area contributed by atoms with Crippen LogP contribution in [-0.4, -0.2) is 18.3 Å². The maximum absolute atomic E-state index is 12.0. The van der Waals surface area contributed by atoms with Crippen molar-refractivity contribution in [3.63, 3.8) is 0 Å². The van der Waals surface area contributed by atoms with Gasteiger partial charge in [0.05, 0.1) is 0 Å². The van der Waals surface area contributed by atoms with Gasteiger partial charge in [-0.2, -0.15) is 17.6 Å². The Labute approximate surface area is 68.5 Å². The molecule has 0 radical (unpaired) electrons. The Balaban J connectivity index is 4.83. The van der Waals surface area contributed by atoms with Crippen LogP contribution in [0.15, 0.2) is 0 Å². The minimum atomic E-state index is -5.48. The Hall–Kier alpha value is -0.570. The molecule has 7 heteroatoms. The summed E-state index contributed by atoms with van der Waals surface area (Å²) >= 11 is 4.38. The van der Waals surface area contributed by atoms with Crippen molar-refractivity contribution in [3.05, 3.63) is 0 Å². The van der Waals surface area contributed by atoms with Crippen molar-refractivity contribution in [2.75, 3.05) is 0 Å². The van der Waals surface area contributed by atoms with E-state index in [1.54, 1.807) is 0 Å². The molecule has 0 atom stereocenters. The molecule has 0 saturated carbocycles. The lowest BCUT2D eigenvalue weighted by atomic mass is 10.2. The standard InChI is InChI=1S/C5HClF6/c6-2-1-4(9,10)5(11,12)3(7)8/h3H. The molecule has 0 N–H and O–H groups in total. The van der Waals surface area contributed by atoms with E-state index in [1.807, 2.05) is 0 Å². The molecule has 0 bridgehead atoms. The van der Waals surface area contributed by atoms with E-state index >= 15 is 0 Å². The zero-order chi connectivity index (χ0) is 9.99. The van der Waals surface area contributed by atoms with Crippen LogP contribution in [0.2, 0.25) is 0 Å². The topological polar surface area (TPSA) is 0 Å². The normalized spacial score (nSPS) is 12.7. The van der Waals surface area contributed by atoms with Crippen molar-refractivity contribution in [3.8, 4) is 11.3 Å². The Morgan fingerprint density at radius 1 is 1.08 bits per heavy atom. The van der Waals surface area contributed by atoms with Gasteiger partial charge in [-0.05, 0) is 17.5 Å². The van der Waals surface area contributed by atoms with E-state index in [2.05, 4.69) is 11.6 Å². The highest BCUT2D eigenvalue weighted by Crippen LogP contribution is 2.38. The fraction of sp³-hybridized carbons (Fsp3) is 0.600. The van der Waals surface area contributed by atoms with Crippen LogP contribution in [-0.2, 0) is 0 Å². The second-order valence-corrected chi connectivity index (χ2v) is 1.91. The van der Waals surface area contributed by atoms with Crippen molar-refractivity contribution in [2.45, 2.75) is 18.3 Å². The van der Waals surface area contributed by atoms with Gasteiger partial charge in [0, 0.05) is 5.38 Å². The molecule has 70 valence electrons. The number of hydrogen-bond donors (Lipinski definition) is 0. The van der Waals surface area contributed by atoms with E-state index in [1.165, 1.54) is 0 Å². The molecule has 0 aliphatic rings. The van der Waals surface area contributed by atoms with Gasteiger partial charge in [0.2, 0.25) is 0 Å². The quantitative estimate of drug-likeness (QED) is 0.486. The van der Waals surface area contributed by atoms with Gasteiger partial charge in [0.15, 0.2) is 0 Å². The van der Waals surface area contributed by atoms with Crippen LogP contribution in [0, 0.1) is 11.3 Å². The smallest absolute Gasteiger partial charge is 0.203 e. The van der Waals surface area contributed by atoms with Crippen molar-refractivity contribution < 1.29 is 26.3 Å². The van der Waals surface area contributed by atoms with Gasteiger partial charge in [-0.15, -0.1) is 0 Å². The van der Waals surface area contributed by atoms with Crippen LogP contribution in [0.4, 0.5) is 26.3 Å². The highest BCUT2D eigenvalue weighted by molar-refractivity contribution is 6.30. The predicted octanol–water partition coefficient (Wildman–Crippen LogP) is 2.72. The second-order valence-electron chi connectivity index (χ2n) is 1.72. The molecule has 0 amide bonds. The minimum absolute atomic E-state index is 0.496. The highest BCUT2D eigenvalue weighted by atomic mass is 35.5. The number of hydrogen-bond acceptors (Lipinski definition) is 0. The Morgan fingerprint density at radius 3 is 1.75 bits per heavy atom. The summed E-state index contributed by atoms with van der Waals surface area (Å²) in [6, 6.07) is 0. The van der Waals surface area contributed by atoms with Crippen LogP contribution in [0.1, 0.15) is 0 Å². The van der Waals surface area contributed by atoms with Gasteiger partial charge in [0.1, 0.15) is 0 Å². The zero-order valence-corrected chi connectivity index (χ0v) is 5.98. The molecular weight excluding hydrogens is 209 g/mol. The van der Waals surface area contributed by atoms with Gasteiger partial charge in [-0.25, -0.2) is 8.78 Å². The molecule has 0 spiro atoms. The first-order valence-electron chi connectivity index (χ1n) is 2.42. The molecule has 12 heavy (non-hydrogen) atoms. The van der Waals surface area contributed by atoms with Crippen molar-refractivity contribution in [1.29, 1.82) is 0 Å². The van der Waals surface area contributed by atoms with E-state index in [9.17, 15) is 26.3 Å². The Kier molecular flexibility index (Phi) is 3.27. The molecule has 0 unspecified atom stereocenters. The molecule has 0 aromatic heterocycles. The molecule has 0 nitrogen and oxygen atoms in total. The molecule has 0 aromatic rings. The van der Waals surface area contributed by atoms with E-state index < -0.39 is 18.3 Å². The summed E-state index contributed by atoms with van der Waals surface area (Å²) in [7, 11) is 0. The fourth-order valence-electron chi connectivity index (χ4n) is 0.280. The third kappa shape index (κ3) is 1.97. The first-order valence-corrected chi connectivity index (χ1v) is 2.80. The summed E-state index contributed by atoms with van der Waals surface area (Å²) in [5.41, 5.74) is 0. The number of alkyl halides is 6. The Morgan fingerprint density at radius 2 is 1.50 bits per heavy atom. The zero-order valence-electron chi connectivity index (χ0n) is 5.22. The lowest BCUT2D eigenvalue weighted by molar-refractivity contribution is -0.237. The molecule has 0 aromatic carbocycles. The fourth-order valence-corrected chi connectivity index (χ4v) is 0.398. The first kappa shape index (κ1) is 11.4. The van der Waals surface area contributed by atoms with Crippen molar-refractivity contribution in [2.24, 2.45) is 0 Å². The summed E-state index contributed by atoms with van der Waals surface area (Å²) < 4.78 is 70.2. The maximum Gasteiger partial charge on any atom is 0.380 e. The summed E-state index contributed by atoms with van der Waals surface area (Å²) in [6.07, 6.45) is -4.48. The third-order valence-electron chi connectivity index (χ3n) is 0.897. The van der Waals surface area contributed by atoms with Crippen LogP contribution in [0.25, 0.3) is 0 Å². The minimum Gasteiger partial charge on any atom is -0.203 e. The molecule has 0 aliphatic heterocycles. The van der Waals surface area contributed by atoms with Gasteiger partial charge < -0.3 is 0 Å². The average Bonchev–Trinajstić information content (AvgIpc) is 1.86. The number of halogens is 7. The average molecular weight is 211 g/mol. The second kappa shape index (κ2) is 3.44. The molecule has 0 saturated heterocycles. The lowest BCUT2D eigenvalue weighted by Gasteiger charge is -2.20. The molecule has 0 heterocycles. The monoisotopic (exact) mass is 210 g/mol. The largest absolute Gasteiger partial charge is 0.380 e. The van der Waals surface area contributed by atoms with Crippen LogP contribution >= 0.6 is 11.6 Å². The maximum atomic E-state index is 12.0. The molecule has 0 fully saturated rings. The summed E-state index contributed by atoms with van der Waals surface area (Å²) in [4.78, 5) is 0. The van der Waals surface area contributed by atoms with Crippen LogP contribution in [0.5, 0.6) is 0 Å². The third-order valence-corrected chi connectivity index (χ3v) is 0.991. The molecular formula is C5HClF6. The summed E-state index contributed by atoms with van der Waals surface area (Å²) in [5, 5.41) is 0.928. The lowest BCUT2D eigenvalue weighted by Crippen LogP contribution is -2.45. The first-order chi connectivity index (χ1) is 5.25. The van der Waals surface area contributed by atoms with E-state index in [0.717, 1.165) is 5.38 Å². The van der Waals surface area contributed by atoms with Gasteiger partial charge in [-0.1, -0.05) is 0 Å². The van der Waals surface area contributed by atoms with Crippen LogP contribution < -0.4 is 0 Å². The Bertz CT molecular complexity index is 212. The molecule has 0 rings (SSSR count). The van der Waals surface area contributed by atoms with Gasteiger partial charge in [0.25, 0.3) is 0 Å². The van der Waals surface area contributed by atoms with Crippen LogP contribution in [0.3, 0.4) is 0 Å². The molecule has 0 aliphatic carbocycles.